The van der Waals surface area contributed by atoms with Crippen molar-refractivity contribution in [1.82, 2.24) is 5.32 Å². The molecule has 0 aromatic carbocycles. The van der Waals surface area contributed by atoms with Gasteiger partial charge < -0.3 is 10.1 Å². The Morgan fingerprint density at radius 3 is 3.06 bits per heavy atom. The summed E-state index contributed by atoms with van der Waals surface area (Å²) in [5.74, 6) is 0. The van der Waals surface area contributed by atoms with Crippen LogP contribution in [0.3, 0.4) is 0 Å². The first-order chi connectivity index (χ1) is 7.79. The van der Waals surface area contributed by atoms with Gasteiger partial charge in [-0.1, -0.05) is 6.92 Å². The van der Waals surface area contributed by atoms with Crippen molar-refractivity contribution in [2.45, 2.75) is 51.9 Å². The van der Waals surface area contributed by atoms with Crippen molar-refractivity contribution in [3.05, 3.63) is 21.9 Å². The van der Waals surface area contributed by atoms with E-state index in [9.17, 15) is 0 Å². The molecule has 0 saturated carbocycles. The second-order valence-electron chi connectivity index (χ2n) is 4.50. The van der Waals surface area contributed by atoms with E-state index >= 15 is 0 Å². The minimum Gasteiger partial charge on any atom is -0.374 e. The molecule has 2 unspecified atom stereocenters. The molecule has 16 heavy (non-hydrogen) atoms. The SMILES string of the molecule is CCc1ccsc1CNCC1CCC(C)O1. The third-order valence-electron chi connectivity index (χ3n) is 3.20. The molecule has 0 radical (unpaired) electrons. The van der Waals surface area contributed by atoms with Gasteiger partial charge in [-0.3, -0.25) is 0 Å². The monoisotopic (exact) mass is 239 g/mol. The molecule has 1 aromatic heterocycles. The molecule has 3 heteroatoms. The Kier molecular flexibility index (Phi) is 4.38. The molecule has 0 aliphatic carbocycles. The summed E-state index contributed by atoms with van der Waals surface area (Å²) in [5.41, 5.74) is 1.48. The highest BCUT2D eigenvalue weighted by Crippen LogP contribution is 2.19. The van der Waals surface area contributed by atoms with Crippen LogP contribution in [-0.2, 0) is 17.7 Å². The predicted molar refractivity (Wildman–Crippen MR) is 69.0 cm³/mol. The lowest BCUT2D eigenvalue weighted by Crippen LogP contribution is -2.26. The van der Waals surface area contributed by atoms with Gasteiger partial charge in [0.25, 0.3) is 0 Å². The summed E-state index contributed by atoms with van der Waals surface area (Å²) in [6.45, 7) is 6.36. The largest absolute Gasteiger partial charge is 0.374 e. The average Bonchev–Trinajstić information content (AvgIpc) is 2.87. The molecule has 0 spiro atoms. The van der Waals surface area contributed by atoms with Crippen LogP contribution in [0.2, 0.25) is 0 Å². The molecule has 1 aliphatic rings. The lowest BCUT2D eigenvalue weighted by molar-refractivity contribution is 0.0559. The molecule has 1 aliphatic heterocycles. The number of rotatable bonds is 5. The zero-order valence-corrected chi connectivity index (χ0v) is 11.0. The number of ether oxygens (including phenoxy) is 1. The molecule has 0 amide bonds. The fraction of sp³-hybridized carbons (Fsp3) is 0.692. The first-order valence-electron chi connectivity index (χ1n) is 6.21. The molecule has 1 N–H and O–H groups in total. The number of hydrogen-bond acceptors (Lipinski definition) is 3. The molecule has 2 rings (SSSR count). The summed E-state index contributed by atoms with van der Waals surface area (Å²) in [7, 11) is 0. The van der Waals surface area contributed by atoms with Gasteiger partial charge in [-0.2, -0.15) is 0 Å². The Labute approximate surface area is 102 Å². The van der Waals surface area contributed by atoms with Crippen molar-refractivity contribution in [3.63, 3.8) is 0 Å². The number of hydrogen-bond donors (Lipinski definition) is 1. The van der Waals surface area contributed by atoms with Crippen LogP contribution in [0.25, 0.3) is 0 Å². The van der Waals surface area contributed by atoms with Crippen LogP contribution in [0.15, 0.2) is 11.4 Å². The van der Waals surface area contributed by atoms with Crippen LogP contribution < -0.4 is 5.32 Å². The molecule has 90 valence electrons. The Balaban J connectivity index is 1.72. The summed E-state index contributed by atoms with van der Waals surface area (Å²) in [4.78, 5) is 1.48. The average molecular weight is 239 g/mol. The molecule has 2 nitrogen and oxygen atoms in total. The van der Waals surface area contributed by atoms with Gasteiger partial charge in [0.05, 0.1) is 12.2 Å². The van der Waals surface area contributed by atoms with E-state index < -0.39 is 0 Å². The van der Waals surface area contributed by atoms with Crippen molar-refractivity contribution in [2.24, 2.45) is 0 Å². The van der Waals surface area contributed by atoms with Gasteiger partial charge in [-0.25, -0.2) is 0 Å². The normalized spacial score (nSPS) is 25.1. The summed E-state index contributed by atoms with van der Waals surface area (Å²) < 4.78 is 5.78. The molecular weight excluding hydrogens is 218 g/mol. The quantitative estimate of drug-likeness (QED) is 0.853. The first-order valence-corrected chi connectivity index (χ1v) is 7.09. The minimum atomic E-state index is 0.431. The van der Waals surface area contributed by atoms with Gasteiger partial charge in [0, 0.05) is 18.0 Å². The Bertz CT molecular complexity index is 323. The van der Waals surface area contributed by atoms with E-state index in [1.165, 1.54) is 23.3 Å². The predicted octanol–water partition coefficient (Wildman–Crippen LogP) is 2.97. The fourth-order valence-electron chi connectivity index (χ4n) is 2.22. The zero-order valence-electron chi connectivity index (χ0n) is 10.2. The van der Waals surface area contributed by atoms with Gasteiger partial charge in [0.15, 0.2) is 0 Å². The molecule has 1 fully saturated rings. The maximum atomic E-state index is 5.78. The molecule has 2 atom stereocenters. The van der Waals surface area contributed by atoms with Crippen LogP contribution in [0.4, 0.5) is 0 Å². The molecule has 1 aromatic rings. The smallest absolute Gasteiger partial charge is 0.0704 e. The summed E-state index contributed by atoms with van der Waals surface area (Å²) in [5, 5.41) is 5.69. The second-order valence-corrected chi connectivity index (χ2v) is 5.50. The minimum absolute atomic E-state index is 0.431. The van der Waals surface area contributed by atoms with Crippen molar-refractivity contribution >= 4 is 11.3 Å². The van der Waals surface area contributed by atoms with Crippen molar-refractivity contribution in [3.8, 4) is 0 Å². The Hall–Kier alpha value is -0.380. The summed E-state index contributed by atoms with van der Waals surface area (Å²) in [6.07, 6.45) is 4.45. The van der Waals surface area contributed by atoms with Gasteiger partial charge in [0.2, 0.25) is 0 Å². The topological polar surface area (TPSA) is 21.3 Å². The van der Waals surface area contributed by atoms with Crippen molar-refractivity contribution < 1.29 is 4.74 Å². The van der Waals surface area contributed by atoms with Gasteiger partial charge in [0.1, 0.15) is 0 Å². The van der Waals surface area contributed by atoms with E-state index in [1.807, 2.05) is 11.3 Å². The van der Waals surface area contributed by atoms with E-state index in [2.05, 4.69) is 30.6 Å². The number of thiophene rings is 1. The lowest BCUT2D eigenvalue weighted by Gasteiger charge is -2.12. The molecular formula is C13H21NOS. The van der Waals surface area contributed by atoms with Crippen LogP contribution >= 0.6 is 11.3 Å². The summed E-state index contributed by atoms with van der Waals surface area (Å²) in [6, 6.07) is 2.23. The van der Waals surface area contributed by atoms with E-state index in [0.717, 1.165) is 19.5 Å². The first kappa shape index (κ1) is 12.1. The fourth-order valence-corrected chi connectivity index (χ4v) is 3.16. The highest BCUT2D eigenvalue weighted by atomic mass is 32.1. The van der Waals surface area contributed by atoms with E-state index in [1.54, 1.807) is 0 Å². The van der Waals surface area contributed by atoms with Crippen molar-refractivity contribution in [2.75, 3.05) is 6.54 Å². The highest BCUT2D eigenvalue weighted by Gasteiger charge is 2.20. The van der Waals surface area contributed by atoms with E-state index in [0.29, 0.717) is 12.2 Å². The maximum Gasteiger partial charge on any atom is 0.0704 e. The summed E-state index contributed by atoms with van der Waals surface area (Å²) >= 11 is 1.85. The third kappa shape index (κ3) is 3.06. The zero-order chi connectivity index (χ0) is 11.4. The van der Waals surface area contributed by atoms with Crippen LogP contribution in [-0.4, -0.2) is 18.8 Å². The van der Waals surface area contributed by atoms with Gasteiger partial charge >= 0.3 is 0 Å². The van der Waals surface area contributed by atoms with Crippen LogP contribution in [0.5, 0.6) is 0 Å². The number of aryl methyl sites for hydroxylation is 1. The standard InChI is InChI=1S/C13H21NOS/c1-3-11-6-7-16-13(11)9-14-8-12-5-4-10(2)15-12/h6-7,10,12,14H,3-5,8-9H2,1-2H3. The van der Waals surface area contributed by atoms with Gasteiger partial charge in [-0.15, -0.1) is 11.3 Å². The van der Waals surface area contributed by atoms with Crippen LogP contribution in [0.1, 0.15) is 37.1 Å². The lowest BCUT2D eigenvalue weighted by atomic mass is 10.2. The Morgan fingerprint density at radius 1 is 1.50 bits per heavy atom. The van der Waals surface area contributed by atoms with E-state index in [4.69, 9.17) is 4.74 Å². The van der Waals surface area contributed by atoms with Crippen molar-refractivity contribution in [1.29, 1.82) is 0 Å². The highest BCUT2D eigenvalue weighted by molar-refractivity contribution is 7.10. The van der Waals surface area contributed by atoms with Gasteiger partial charge in [-0.05, 0) is 43.2 Å². The maximum absolute atomic E-state index is 5.78. The third-order valence-corrected chi connectivity index (χ3v) is 4.16. The van der Waals surface area contributed by atoms with E-state index in [-0.39, 0.29) is 0 Å². The number of nitrogens with one attached hydrogen (secondary N) is 1. The second kappa shape index (κ2) is 5.80. The Morgan fingerprint density at radius 2 is 2.38 bits per heavy atom. The van der Waals surface area contributed by atoms with Crippen LogP contribution in [0, 0.1) is 0 Å². The molecule has 2 heterocycles. The molecule has 1 saturated heterocycles. The molecule has 0 bridgehead atoms.